The molecule has 1 aromatic rings. The number of benzene rings is 1. The monoisotopic (exact) mass is 337 g/mol. The van der Waals surface area contributed by atoms with Crippen LogP contribution in [0, 0.1) is 5.82 Å². The second kappa shape index (κ2) is 8.10. The van der Waals surface area contributed by atoms with E-state index in [1.54, 1.807) is 12.1 Å². The Balaban J connectivity index is 1.91. The van der Waals surface area contributed by atoms with E-state index in [9.17, 15) is 14.0 Å². The molecule has 0 spiro atoms. The molecule has 1 unspecified atom stereocenters. The van der Waals surface area contributed by atoms with Crippen molar-refractivity contribution in [3.8, 4) is 5.75 Å². The topological polar surface area (TPSA) is 75.9 Å². The fourth-order valence-electron chi connectivity index (χ4n) is 2.77. The van der Waals surface area contributed by atoms with Gasteiger partial charge >= 0.3 is 0 Å². The quantitative estimate of drug-likeness (QED) is 0.840. The second-order valence-corrected chi connectivity index (χ2v) is 6.12. The van der Waals surface area contributed by atoms with Crippen molar-refractivity contribution in [2.45, 2.75) is 32.4 Å². The van der Waals surface area contributed by atoms with E-state index in [-0.39, 0.29) is 30.7 Å². The first-order valence-electron chi connectivity index (χ1n) is 8.10. The summed E-state index contributed by atoms with van der Waals surface area (Å²) in [6.07, 6.45) is 0.0692. The third kappa shape index (κ3) is 4.44. The largest absolute Gasteiger partial charge is 0.490 e. The average molecular weight is 337 g/mol. The maximum absolute atomic E-state index is 13.5. The molecule has 0 radical (unpaired) electrons. The van der Waals surface area contributed by atoms with Crippen molar-refractivity contribution in [1.82, 2.24) is 9.80 Å². The van der Waals surface area contributed by atoms with E-state index in [2.05, 4.69) is 4.90 Å². The number of halogens is 1. The molecule has 1 aromatic carbocycles. The molecule has 0 bridgehead atoms. The van der Waals surface area contributed by atoms with E-state index in [4.69, 9.17) is 10.5 Å². The predicted molar refractivity (Wildman–Crippen MR) is 87.9 cm³/mol. The van der Waals surface area contributed by atoms with Crippen LogP contribution in [0.4, 0.5) is 4.39 Å². The normalized spacial score (nSPS) is 18.7. The minimum Gasteiger partial charge on any atom is -0.490 e. The van der Waals surface area contributed by atoms with Crippen molar-refractivity contribution in [2.75, 3.05) is 26.2 Å². The molecule has 2 N–H and O–H groups in total. The molecule has 1 aliphatic rings. The molecule has 0 aromatic heterocycles. The van der Waals surface area contributed by atoms with Crippen molar-refractivity contribution in [1.29, 1.82) is 0 Å². The van der Waals surface area contributed by atoms with Crippen LogP contribution in [0.3, 0.4) is 0 Å². The highest BCUT2D eigenvalue weighted by Crippen LogP contribution is 2.17. The van der Waals surface area contributed by atoms with Crippen LogP contribution in [-0.2, 0) is 9.59 Å². The molecule has 6 nitrogen and oxygen atoms in total. The maximum atomic E-state index is 13.5. The number of carbonyl (C=O) groups excluding carboxylic acids is 2. The van der Waals surface area contributed by atoms with Crippen molar-refractivity contribution in [3.05, 3.63) is 30.1 Å². The molecular formula is C17H24FN3O3. The van der Waals surface area contributed by atoms with Crippen LogP contribution >= 0.6 is 0 Å². The van der Waals surface area contributed by atoms with Gasteiger partial charge in [0.2, 0.25) is 11.8 Å². The van der Waals surface area contributed by atoms with Crippen LogP contribution in [0.15, 0.2) is 24.3 Å². The Morgan fingerprint density at radius 1 is 1.33 bits per heavy atom. The Labute approximate surface area is 141 Å². The van der Waals surface area contributed by atoms with Crippen molar-refractivity contribution in [3.63, 3.8) is 0 Å². The van der Waals surface area contributed by atoms with Crippen LogP contribution < -0.4 is 10.5 Å². The summed E-state index contributed by atoms with van der Waals surface area (Å²) in [6.45, 7) is 5.71. The van der Waals surface area contributed by atoms with Gasteiger partial charge in [0.1, 0.15) is 6.04 Å². The standard InChI is InChI=1S/C17H24FN3O3/c1-12(2)20-8-9-21(14(11-20)17(19)23)16(22)7-10-24-15-6-4-3-5-13(15)18/h3-6,12,14H,7-11H2,1-2H3,(H2,19,23). The van der Waals surface area contributed by atoms with E-state index < -0.39 is 17.8 Å². The number of para-hydroxylation sites is 1. The Morgan fingerprint density at radius 2 is 2.04 bits per heavy atom. The lowest BCUT2D eigenvalue weighted by Crippen LogP contribution is -2.61. The second-order valence-electron chi connectivity index (χ2n) is 6.12. The number of nitrogens with zero attached hydrogens (tertiary/aromatic N) is 2. The third-order valence-electron chi connectivity index (χ3n) is 4.20. The first-order valence-corrected chi connectivity index (χ1v) is 8.10. The smallest absolute Gasteiger partial charge is 0.241 e. The summed E-state index contributed by atoms with van der Waals surface area (Å²) in [5.41, 5.74) is 5.46. The highest BCUT2D eigenvalue weighted by atomic mass is 19.1. The highest BCUT2D eigenvalue weighted by Gasteiger charge is 2.34. The molecule has 7 heteroatoms. The van der Waals surface area contributed by atoms with Crippen LogP contribution in [0.5, 0.6) is 5.75 Å². The first-order chi connectivity index (χ1) is 11.4. The summed E-state index contributed by atoms with van der Waals surface area (Å²) in [7, 11) is 0. The van der Waals surface area contributed by atoms with Crippen molar-refractivity contribution in [2.24, 2.45) is 5.73 Å². The molecule has 2 rings (SSSR count). The molecule has 2 amide bonds. The lowest BCUT2D eigenvalue weighted by molar-refractivity contribution is -0.143. The summed E-state index contributed by atoms with van der Waals surface area (Å²) >= 11 is 0. The number of hydrogen-bond acceptors (Lipinski definition) is 4. The third-order valence-corrected chi connectivity index (χ3v) is 4.20. The highest BCUT2D eigenvalue weighted by molar-refractivity contribution is 5.87. The van der Waals surface area contributed by atoms with Gasteiger partial charge in [0, 0.05) is 25.7 Å². The number of primary amides is 1. The van der Waals surface area contributed by atoms with Crippen molar-refractivity contribution < 1.29 is 18.7 Å². The van der Waals surface area contributed by atoms with Gasteiger partial charge in [-0.15, -0.1) is 0 Å². The summed E-state index contributed by atoms with van der Waals surface area (Å²) in [6, 6.07) is 5.68. The van der Waals surface area contributed by atoms with Gasteiger partial charge in [-0.25, -0.2) is 4.39 Å². The minimum atomic E-state index is -0.637. The van der Waals surface area contributed by atoms with Crippen LogP contribution in [0.1, 0.15) is 20.3 Å². The van der Waals surface area contributed by atoms with Gasteiger partial charge < -0.3 is 15.4 Å². The Hall–Kier alpha value is -2.15. The van der Waals surface area contributed by atoms with Gasteiger partial charge in [-0.1, -0.05) is 12.1 Å². The number of carbonyl (C=O) groups is 2. The van der Waals surface area contributed by atoms with Gasteiger partial charge in [0.15, 0.2) is 11.6 Å². The van der Waals surface area contributed by atoms with Gasteiger partial charge in [-0.2, -0.15) is 0 Å². The number of piperazine rings is 1. The Kier molecular flexibility index (Phi) is 6.14. The van der Waals surface area contributed by atoms with E-state index in [0.29, 0.717) is 19.6 Å². The van der Waals surface area contributed by atoms with Crippen LogP contribution in [-0.4, -0.2) is 59.9 Å². The van der Waals surface area contributed by atoms with Gasteiger partial charge in [-0.05, 0) is 26.0 Å². The Bertz CT molecular complexity index is 594. The zero-order valence-corrected chi connectivity index (χ0v) is 14.1. The summed E-state index contributed by atoms with van der Waals surface area (Å²) in [5, 5.41) is 0. The molecule has 0 saturated carbocycles. The lowest BCUT2D eigenvalue weighted by atomic mass is 10.1. The summed E-state index contributed by atoms with van der Waals surface area (Å²) < 4.78 is 18.8. The lowest BCUT2D eigenvalue weighted by Gasteiger charge is -2.41. The fraction of sp³-hybridized carbons (Fsp3) is 0.529. The number of nitrogens with two attached hydrogens (primary N) is 1. The molecular weight excluding hydrogens is 313 g/mol. The molecule has 1 heterocycles. The molecule has 0 aliphatic carbocycles. The van der Waals surface area contributed by atoms with E-state index in [0.717, 1.165) is 0 Å². The van der Waals surface area contributed by atoms with Gasteiger partial charge in [-0.3, -0.25) is 14.5 Å². The molecule has 1 fully saturated rings. The van der Waals surface area contributed by atoms with Gasteiger partial charge in [0.25, 0.3) is 0 Å². The number of amides is 2. The summed E-state index contributed by atoms with van der Waals surface area (Å²) in [4.78, 5) is 27.7. The number of ether oxygens (including phenoxy) is 1. The van der Waals surface area contributed by atoms with Crippen LogP contribution in [0.2, 0.25) is 0 Å². The van der Waals surface area contributed by atoms with E-state index in [1.807, 2.05) is 13.8 Å². The SMILES string of the molecule is CC(C)N1CCN(C(=O)CCOc2ccccc2F)C(C(N)=O)C1. The van der Waals surface area contributed by atoms with Crippen molar-refractivity contribution >= 4 is 11.8 Å². The number of hydrogen-bond donors (Lipinski definition) is 1. The zero-order chi connectivity index (χ0) is 17.7. The Morgan fingerprint density at radius 3 is 2.67 bits per heavy atom. The first kappa shape index (κ1) is 18.2. The van der Waals surface area contributed by atoms with Gasteiger partial charge in [0.05, 0.1) is 13.0 Å². The molecule has 1 aliphatic heterocycles. The average Bonchev–Trinajstić information content (AvgIpc) is 2.55. The fourth-order valence-corrected chi connectivity index (χ4v) is 2.77. The predicted octanol–water partition coefficient (Wildman–Crippen LogP) is 1.00. The molecule has 1 saturated heterocycles. The number of rotatable bonds is 6. The molecule has 24 heavy (non-hydrogen) atoms. The van der Waals surface area contributed by atoms with E-state index in [1.165, 1.54) is 17.0 Å². The van der Waals surface area contributed by atoms with Crippen LogP contribution in [0.25, 0.3) is 0 Å². The summed E-state index contributed by atoms with van der Waals surface area (Å²) in [5.74, 6) is -1.07. The maximum Gasteiger partial charge on any atom is 0.241 e. The minimum absolute atomic E-state index is 0.0512. The zero-order valence-electron chi connectivity index (χ0n) is 14.1. The molecule has 132 valence electrons. The van der Waals surface area contributed by atoms with E-state index >= 15 is 0 Å². The molecule has 1 atom stereocenters.